The van der Waals surface area contributed by atoms with E-state index < -0.39 is 6.10 Å². The number of hydrogen-bond acceptors (Lipinski definition) is 5. The number of nitrogens with one attached hydrogen (secondary N) is 1. The van der Waals surface area contributed by atoms with Crippen LogP contribution in [0.2, 0.25) is 0 Å². The van der Waals surface area contributed by atoms with Crippen LogP contribution in [-0.4, -0.2) is 34.7 Å². The summed E-state index contributed by atoms with van der Waals surface area (Å²) in [5, 5.41) is 13.3. The van der Waals surface area contributed by atoms with E-state index in [1.54, 1.807) is 0 Å². The third-order valence-electron chi connectivity index (χ3n) is 3.93. The first-order chi connectivity index (χ1) is 10.8. The van der Waals surface area contributed by atoms with Crippen LogP contribution in [0.3, 0.4) is 0 Å². The minimum absolute atomic E-state index is 0.494. The topological polar surface area (TPSA) is 61.3 Å². The van der Waals surface area contributed by atoms with E-state index in [0.717, 1.165) is 30.2 Å². The van der Waals surface area contributed by atoms with Gasteiger partial charge in [-0.25, -0.2) is 9.97 Å². The van der Waals surface area contributed by atoms with Crippen LogP contribution in [-0.2, 0) is 6.54 Å². The van der Waals surface area contributed by atoms with Crippen molar-refractivity contribution in [2.75, 3.05) is 24.5 Å². The predicted octanol–water partition coefficient (Wildman–Crippen LogP) is 1.90. The molecule has 2 N–H and O–H groups in total. The zero-order valence-corrected chi connectivity index (χ0v) is 12.7. The zero-order chi connectivity index (χ0) is 15.2. The molecular weight excluding hydrogens is 276 g/mol. The number of rotatable bonds is 6. The summed E-state index contributed by atoms with van der Waals surface area (Å²) in [6, 6.07) is 9.68. The molecular formula is C17H22N4O. The molecule has 1 aliphatic heterocycles. The molecule has 3 rings (SSSR count). The van der Waals surface area contributed by atoms with E-state index in [4.69, 9.17) is 0 Å². The van der Waals surface area contributed by atoms with Gasteiger partial charge < -0.3 is 15.3 Å². The fourth-order valence-electron chi connectivity index (χ4n) is 2.67. The molecule has 116 valence electrons. The van der Waals surface area contributed by atoms with Gasteiger partial charge in [0.1, 0.15) is 0 Å². The molecule has 0 spiro atoms. The molecule has 5 heteroatoms. The Bertz CT molecular complexity index is 567. The molecule has 1 aromatic carbocycles. The van der Waals surface area contributed by atoms with Crippen molar-refractivity contribution in [2.24, 2.45) is 0 Å². The number of nitrogens with zero attached hydrogens (tertiary/aromatic N) is 3. The molecule has 0 amide bonds. The van der Waals surface area contributed by atoms with Gasteiger partial charge in [-0.3, -0.25) is 0 Å². The summed E-state index contributed by atoms with van der Waals surface area (Å²) in [7, 11) is 0. The number of aliphatic hydroxyl groups excluding tert-OH is 1. The molecule has 1 fully saturated rings. The number of anilines is 1. The van der Waals surface area contributed by atoms with Gasteiger partial charge in [-0.1, -0.05) is 30.3 Å². The van der Waals surface area contributed by atoms with Crippen molar-refractivity contribution in [1.82, 2.24) is 15.3 Å². The van der Waals surface area contributed by atoms with E-state index in [1.807, 2.05) is 42.7 Å². The van der Waals surface area contributed by atoms with Crippen LogP contribution in [0.25, 0.3) is 0 Å². The standard InChI is InChI=1S/C17H22N4O/c22-16(15-6-2-1-3-7-15)13-18-10-14-11-19-17(20-12-14)21-8-4-5-9-21/h1-3,6-7,11-12,16,18,22H,4-5,8-10,13H2/t16-/m0/s1. The third-order valence-corrected chi connectivity index (χ3v) is 3.93. The van der Waals surface area contributed by atoms with Gasteiger partial charge in [-0.05, 0) is 18.4 Å². The van der Waals surface area contributed by atoms with Gasteiger partial charge in [-0.15, -0.1) is 0 Å². The summed E-state index contributed by atoms with van der Waals surface area (Å²) in [5.41, 5.74) is 1.96. The Balaban J connectivity index is 1.47. The van der Waals surface area contributed by atoms with Crippen LogP contribution in [0.1, 0.15) is 30.1 Å². The van der Waals surface area contributed by atoms with E-state index >= 15 is 0 Å². The average Bonchev–Trinajstić information content (AvgIpc) is 3.11. The summed E-state index contributed by atoms with van der Waals surface area (Å²) < 4.78 is 0. The third kappa shape index (κ3) is 3.81. The maximum absolute atomic E-state index is 10.1. The van der Waals surface area contributed by atoms with Crippen LogP contribution < -0.4 is 10.2 Å². The van der Waals surface area contributed by atoms with E-state index in [-0.39, 0.29) is 0 Å². The summed E-state index contributed by atoms with van der Waals surface area (Å²) in [5.74, 6) is 0.825. The monoisotopic (exact) mass is 298 g/mol. The minimum atomic E-state index is -0.494. The van der Waals surface area contributed by atoms with Crippen LogP contribution in [0.5, 0.6) is 0 Å². The maximum Gasteiger partial charge on any atom is 0.225 e. The summed E-state index contributed by atoms with van der Waals surface area (Å²) in [6.45, 7) is 3.28. The zero-order valence-electron chi connectivity index (χ0n) is 12.7. The van der Waals surface area contributed by atoms with Crippen molar-refractivity contribution >= 4 is 5.95 Å². The second-order valence-electron chi connectivity index (χ2n) is 5.64. The van der Waals surface area contributed by atoms with E-state index in [0.29, 0.717) is 13.1 Å². The van der Waals surface area contributed by atoms with Gasteiger partial charge in [0.2, 0.25) is 5.95 Å². The largest absolute Gasteiger partial charge is 0.387 e. The van der Waals surface area contributed by atoms with Gasteiger partial charge in [-0.2, -0.15) is 0 Å². The predicted molar refractivity (Wildman–Crippen MR) is 86.6 cm³/mol. The fraction of sp³-hybridized carbons (Fsp3) is 0.412. The highest BCUT2D eigenvalue weighted by molar-refractivity contribution is 5.30. The lowest BCUT2D eigenvalue weighted by Gasteiger charge is -2.15. The molecule has 2 heterocycles. The molecule has 0 radical (unpaired) electrons. The van der Waals surface area contributed by atoms with Crippen molar-refractivity contribution < 1.29 is 5.11 Å². The Hall–Kier alpha value is -1.98. The lowest BCUT2D eigenvalue weighted by Crippen LogP contribution is -2.22. The highest BCUT2D eigenvalue weighted by Crippen LogP contribution is 2.15. The molecule has 0 saturated carbocycles. The summed E-state index contributed by atoms with van der Waals surface area (Å²) in [4.78, 5) is 11.1. The number of benzene rings is 1. The molecule has 1 aromatic heterocycles. The van der Waals surface area contributed by atoms with Gasteiger partial charge in [0.15, 0.2) is 0 Å². The van der Waals surface area contributed by atoms with Gasteiger partial charge >= 0.3 is 0 Å². The quantitative estimate of drug-likeness (QED) is 0.853. The van der Waals surface area contributed by atoms with E-state index in [1.165, 1.54) is 12.8 Å². The first-order valence-corrected chi connectivity index (χ1v) is 7.82. The highest BCUT2D eigenvalue weighted by Gasteiger charge is 2.14. The smallest absolute Gasteiger partial charge is 0.225 e. The Labute approximate surface area is 131 Å². The second-order valence-corrected chi connectivity index (χ2v) is 5.64. The Kier molecular flexibility index (Phi) is 4.98. The second kappa shape index (κ2) is 7.33. The molecule has 0 unspecified atom stereocenters. The van der Waals surface area contributed by atoms with Gasteiger partial charge in [0, 0.05) is 44.1 Å². The van der Waals surface area contributed by atoms with Crippen LogP contribution in [0.15, 0.2) is 42.7 Å². The highest BCUT2D eigenvalue weighted by atomic mass is 16.3. The average molecular weight is 298 g/mol. The minimum Gasteiger partial charge on any atom is -0.387 e. The molecule has 1 atom stereocenters. The molecule has 1 aliphatic rings. The van der Waals surface area contributed by atoms with Crippen LogP contribution in [0, 0.1) is 0 Å². The van der Waals surface area contributed by atoms with Gasteiger partial charge in [0.25, 0.3) is 0 Å². The molecule has 22 heavy (non-hydrogen) atoms. The van der Waals surface area contributed by atoms with Crippen LogP contribution in [0.4, 0.5) is 5.95 Å². The Morgan fingerprint density at radius 2 is 1.77 bits per heavy atom. The van der Waals surface area contributed by atoms with Crippen LogP contribution >= 0.6 is 0 Å². The Morgan fingerprint density at radius 1 is 1.09 bits per heavy atom. The number of aliphatic hydroxyl groups is 1. The SMILES string of the molecule is O[C@@H](CNCc1cnc(N2CCCC2)nc1)c1ccccc1. The molecule has 5 nitrogen and oxygen atoms in total. The van der Waals surface area contributed by atoms with Crippen molar-refractivity contribution in [1.29, 1.82) is 0 Å². The first-order valence-electron chi connectivity index (χ1n) is 7.82. The summed E-state index contributed by atoms with van der Waals surface area (Å²) in [6.07, 6.45) is 5.69. The summed E-state index contributed by atoms with van der Waals surface area (Å²) >= 11 is 0. The first kappa shape index (κ1) is 14.9. The number of aromatic nitrogens is 2. The lowest BCUT2D eigenvalue weighted by atomic mass is 10.1. The van der Waals surface area contributed by atoms with E-state index in [2.05, 4.69) is 20.2 Å². The fourth-order valence-corrected chi connectivity index (χ4v) is 2.67. The molecule has 2 aromatic rings. The number of hydrogen-bond donors (Lipinski definition) is 2. The molecule has 0 bridgehead atoms. The van der Waals surface area contributed by atoms with Crippen molar-refractivity contribution in [3.8, 4) is 0 Å². The lowest BCUT2D eigenvalue weighted by molar-refractivity contribution is 0.174. The van der Waals surface area contributed by atoms with Crippen molar-refractivity contribution in [3.63, 3.8) is 0 Å². The van der Waals surface area contributed by atoms with Crippen molar-refractivity contribution in [2.45, 2.75) is 25.5 Å². The maximum atomic E-state index is 10.1. The van der Waals surface area contributed by atoms with E-state index in [9.17, 15) is 5.11 Å². The van der Waals surface area contributed by atoms with Crippen molar-refractivity contribution in [3.05, 3.63) is 53.9 Å². The normalized spacial score (nSPS) is 16.0. The molecule has 0 aliphatic carbocycles. The Morgan fingerprint density at radius 3 is 2.45 bits per heavy atom. The van der Waals surface area contributed by atoms with Gasteiger partial charge in [0.05, 0.1) is 6.10 Å². The molecule has 1 saturated heterocycles.